The molecule has 2 unspecified atom stereocenters. The van der Waals surface area contributed by atoms with Crippen molar-refractivity contribution in [3.63, 3.8) is 0 Å². The topological polar surface area (TPSA) is 105 Å². The molecule has 28 heavy (non-hydrogen) atoms. The van der Waals surface area contributed by atoms with Crippen LogP contribution in [-0.4, -0.2) is 58.9 Å². The number of hydrogen-bond donors (Lipinski definition) is 3. The lowest BCUT2D eigenvalue weighted by atomic mass is 9.89. The zero-order chi connectivity index (χ0) is 20.5. The van der Waals surface area contributed by atoms with Crippen molar-refractivity contribution < 1.29 is 34.3 Å². The van der Waals surface area contributed by atoms with Gasteiger partial charge in [-0.15, -0.1) is 0 Å². The molecule has 6 atom stereocenters. The van der Waals surface area contributed by atoms with Gasteiger partial charge in [0, 0.05) is 5.92 Å². The Balaban J connectivity index is 0.000000237. The number of rotatable bonds is 4. The number of aliphatic hydroxyl groups excluding tert-OH is 3. The summed E-state index contributed by atoms with van der Waals surface area (Å²) in [7, 11) is 0. The molecule has 1 aromatic rings. The molecule has 0 fully saturated rings. The summed E-state index contributed by atoms with van der Waals surface area (Å²) in [5.74, 6) is 0.492. The van der Waals surface area contributed by atoms with E-state index in [1.165, 1.54) is 12.3 Å². The van der Waals surface area contributed by atoms with Gasteiger partial charge in [0.05, 0.1) is 24.7 Å². The first-order valence-corrected chi connectivity index (χ1v) is 9.27. The molecular formula is C21H28O7. The van der Waals surface area contributed by atoms with Crippen molar-refractivity contribution in [3.05, 3.63) is 60.6 Å². The van der Waals surface area contributed by atoms with E-state index in [1.807, 2.05) is 24.3 Å². The summed E-state index contributed by atoms with van der Waals surface area (Å²) in [5.41, 5.74) is 0.574. The van der Waals surface area contributed by atoms with Crippen LogP contribution in [0.5, 0.6) is 0 Å². The van der Waals surface area contributed by atoms with E-state index in [0.29, 0.717) is 24.0 Å². The summed E-state index contributed by atoms with van der Waals surface area (Å²) in [6, 6.07) is 9.00. The minimum Gasteiger partial charge on any atom is -0.494 e. The van der Waals surface area contributed by atoms with Gasteiger partial charge in [0.2, 0.25) is 0 Å². The average Bonchev–Trinajstić information content (AvgIpc) is 2.72. The minimum absolute atomic E-state index is 0.0577. The second-order valence-corrected chi connectivity index (χ2v) is 6.85. The molecule has 7 nitrogen and oxygen atoms in total. The molecular weight excluding hydrogens is 364 g/mol. The summed E-state index contributed by atoms with van der Waals surface area (Å²) in [6.45, 7) is 4.25. The number of allylic oxidation sites excluding steroid dienone is 1. The van der Waals surface area contributed by atoms with Crippen LogP contribution in [-0.2, 0) is 14.2 Å². The van der Waals surface area contributed by atoms with Gasteiger partial charge in [-0.25, -0.2) is 4.79 Å². The lowest BCUT2D eigenvalue weighted by molar-refractivity contribution is -0.0808. The second-order valence-electron chi connectivity index (χ2n) is 6.85. The van der Waals surface area contributed by atoms with Gasteiger partial charge in [-0.3, -0.25) is 0 Å². The third-order valence-corrected chi connectivity index (χ3v) is 4.88. The van der Waals surface area contributed by atoms with Crippen LogP contribution < -0.4 is 0 Å². The molecule has 0 saturated carbocycles. The molecule has 0 saturated heterocycles. The summed E-state index contributed by atoms with van der Waals surface area (Å²) in [6.07, 6.45) is 3.64. The summed E-state index contributed by atoms with van der Waals surface area (Å²) in [4.78, 5) is 11.8. The standard InChI is InChI=1S/C15H18O3.C6H10O4/c1-11-8-9-17-14(12(11)2)10-18-15(16)13-6-4-3-5-7-13;7-3-5-6(9)4(8)1-2-10-5/h3-9,11-12,14H,10H2,1-2H3;1-2,4-9H,3H2/t11-,12+,14?;4-,5?,6+/m11/s1. The highest BCUT2D eigenvalue weighted by Gasteiger charge is 2.28. The Kier molecular flexibility index (Phi) is 8.50. The zero-order valence-corrected chi connectivity index (χ0v) is 16.0. The third-order valence-electron chi connectivity index (χ3n) is 4.88. The van der Waals surface area contributed by atoms with E-state index in [4.69, 9.17) is 29.5 Å². The highest BCUT2D eigenvalue weighted by Crippen LogP contribution is 2.24. The van der Waals surface area contributed by atoms with Gasteiger partial charge in [-0.2, -0.15) is 0 Å². The lowest BCUT2D eigenvalue weighted by Crippen LogP contribution is -2.42. The van der Waals surface area contributed by atoms with Crippen LogP contribution in [0.15, 0.2) is 55.0 Å². The second kappa shape index (κ2) is 10.8. The van der Waals surface area contributed by atoms with Gasteiger partial charge in [-0.05, 0) is 30.2 Å². The summed E-state index contributed by atoms with van der Waals surface area (Å²) >= 11 is 0. The van der Waals surface area contributed by atoms with E-state index in [0.717, 1.165) is 0 Å². The number of ether oxygens (including phenoxy) is 3. The Morgan fingerprint density at radius 2 is 1.68 bits per heavy atom. The maximum atomic E-state index is 11.8. The van der Waals surface area contributed by atoms with Crippen molar-refractivity contribution in [2.45, 2.75) is 38.3 Å². The van der Waals surface area contributed by atoms with E-state index in [9.17, 15) is 4.79 Å². The van der Waals surface area contributed by atoms with Crippen molar-refractivity contribution in [2.75, 3.05) is 13.2 Å². The molecule has 2 heterocycles. The van der Waals surface area contributed by atoms with Crippen LogP contribution in [0.3, 0.4) is 0 Å². The molecule has 3 N–H and O–H groups in total. The molecule has 0 spiro atoms. The third kappa shape index (κ3) is 6.09. The van der Waals surface area contributed by atoms with Crippen molar-refractivity contribution in [1.29, 1.82) is 0 Å². The first-order chi connectivity index (χ1) is 13.4. The van der Waals surface area contributed by atoms with Gasteiger partial charge in [0.15, 0.2) is 0 Å². The van der Waals surface area contributed by atoms with Crippen LogP contribution in [0.4, 0.5) is 0 Å². The Hall–Kier alpha value is -2.35. The van der Waals surface area contributed by atoms with Gasteiger partial charge < -0.3 is 29.5 Å². The van der Waals surface area contributed by atoms with Gasteiger partial charge in [0.25, 0.3) is 0 Å². The maximum absolute atomic E-state index is 11.8. The molecule has 0 aliphatic carbocycles. The Morgan fingerprint density at radius 3 is 2.32 bits per heavy atom. The molecule has 1 aromatic carbocycles. The molecule has 2 aliphatic heterocycles. The summed E-state index contributed by atoms with van der Waals surface area (Å²) in [5, 5.41) is 26.6. The van der Waals surface area contributed by atoms with E-state index < -0.39 is 18.3 Å². The SMILES string of the molecule is C[C@@H]1C=COC(COC(=O)c2ccccc2)[C@H]1C.OCC1OC=C[C@@H](O)[C@@H]1O. The predicted molar refractivity (Wildman–Crippen MR) is 102 cm³/mol. The molecule has 2 aliphatic rings. The average molecular weight is 392 g/mol. The number of esters is 1. The van der Waals surface area contributed by atoms with E-state index in [-0.39, 0.29) is 18.7 Å². The molecule has 7 heteroatoms. The fourth-order valence-corrected chi connectivity index (χ4v) is 2.71. The van der Waals surface area contributed by atoms with Gasteiger partial charge >= 0.3 is 5.97 Å². The normalized spacial score (nSPS) is 31.0. The number of carbonyl (C=O) groups is 1. The largest absolute Gasteiger partial charge is 0.494 e. The summed E-state index contributed by atoms with van der Waals surface area (Å²) < 4.78 is 15.5. The van der Waals surface area contributed by atoms with Crippen LogP contribution in [0.25, 0.3) is 0 Å². The lowest BCUT2D eigenvalue weighted by Gasteiger charge is -2.30. The monoisotopic (exact) mass is 392 g/mol. The van der Waals surface area contributed by atoms with E-state index >= 15 is 0 Å². The highest BCUT2D eigenvalue weighted by atomic mass is 16.6. The molecule has 0 aromatic heterocycles. The smallest absolute Gasteiger partial charge is 0.338 e. The zero-order valence-electron chi connectivity index (χ0n) is 16.0. The Labute approximate surface area is 164 Å². The van der Waals surface area contributed by atoms with Crippen molar-refractivity contribution in [3.8, 4) is 0 Å². The van der Waals surface area contributed by atoms with Crippen LogP contribution in [0.1, 0.15) is 24.2 Å². The van der Waals surface area contributed by atoms with Crippen molar-refractivity contribution in [1.82, 2.24) is 0 Å². The van der Waals surface area contributed by atoms with Crippen molar-refractivity contribution in [2.24, 2.45) is 11.8 Å². The van der Waals surface area contributed by atoms with Crippen molar-refractivity contribution >= 4 is 5.97 Å². The van der Waals surface area contributed by atoms with E-state index in [2.05, 4.69) is 13.8 Å². The van der Waals surface area contributed by atoms with Crippen LogP contribution in [0.2, 0.25) is 0 Å². The fourth-order valence-electron chi connectivity index (χ4n) is 2.71. The first-order valence-electron chi connectivity index (χ1n) is 9.27. The molecule has 0 bridgehead atoms. The van der Waals surface area contributed by atoms with Gasteiger partial charge in [0.1, 0.15) is 31.0 Å². The van der Waals surface area contributed by atoms with Gasteiger partial charge in [-0.1, -0.05) is 32.0 Å². The molecule has 3 rings (SSSR count). The minimum atomic E-state index is -1.02. The number of aliphatic hydroxyl groups is 3. The molecule has 0 amide bonds. The van der Waals surface area contributed by atoms with E-state index in [1.54, 1.807) is 18.4 Å². The Morgan fingerprint density at radius 1 is 1.04 bits per heavy atom. The number of benzene rings is 1. The maximum Gasteiger partial charge on any atom is 0.338 e. The fraction of sp³-hybridized carbons (Fsp3) is 0.476. The van der Waals surface area contributed by atoms with Crippen LogP contribution in [0, 0.1) is 11.8 Å². The number of carbonyl (C=O) groups excluding carboxylic acids is 1. The molecule has 0 radical (unpaired) electrons. The molecule has 154 valence electrons. The van der Waals surface area contributed by atoms with Crippen LogP contribution >= 0.6 is 0 Å². The first kappa shape index (κ1) is 21.9. The highest BCUT2D eigenvalue weighted by molar-refractivity contribution is 5.89. The quantitative estimate of drug-likeness (QED) is 0.669. The Bertz CT molecular complexity index is 658. The predicted octanol–water partition coefficient (Wildman–Crippen LogP) is 1.64. The number of hydrogen-bond acceptors (Lipinski definition) is 7.